The molecule has 1 N–H and O–H groups in total. The summed E-state index contributed by atoms with van der Waals surface area (Å²) >= 11 is 0. The van der Waals surface area contributed by atoms with Crippen molar-refractivity contribution in [3.05, 3.63) is 11.6 Å². The summed E-state index contributed by atoms with van der Waals surface area (Å²) in [6.07, 6.45) is 4.68. The fourth-order valence-electron chi connectivity index (χ4n) is 1.86. The number of rotatable bonds is 4. The van der Waals surface area contributed by atoms with Crippen LogP contribution in [0.15, 0.2) is 11.6 Å². The normalized spacial score (nSPS) is 28.8. The molecule has 78 valence electrons. The second kappa shape index (κ2) is 4.14. The highest BCUT2D eigenvalue weighted by molar-refractivity contribution is 5.09. The quantitative estimate of drug-likeness (QED) is 0.697. The van der Waals surface area contributed by atoms with Gasteiger partial charge >= 0.3 is 0 Å². The Kier molecular flexibility index (Phi) is 3.34. The Labute approximate surface area is 86.2 Å². The summed E-state index contributed by atoms with van der Waals surface area (Å²) in [5.74, 6) is 0.301. The van der Waals surface area contributed by atoms with Crippen LogP contribution in [0.1, 0.15) is 40.0 Å². The van der Waals surface area contributed by atoms with E-state index in [-0.39, 0.29) is 11.8 Å². The molecule has 1 saturated carbocycles. The summed E-state index contributed by atoms with van der Waals surface area (Å²) < 4.78 is 0. The SMILES string of the molecule is CC(C)=CCC[C@](C)(O)[C@H]1CC1C#N. The highest BCUT2D eigenvalue weighted by Crippen LogP contribution is 2.47. The Hall–Kier alpha value is -0.810. The molecule has 0 saturated heterocycles. The maximum Gasteiger partial charge on any atom is 0.0663 e. The molecule has 1 aliphatic rings. The molecular formula is C12H19NO. The van der Waals surface area contributed by atoms with Gasteiger partial charge in [0.25, 0.3) is 0 Å². The zero-order chi connectivity index (χ0) is 10.8. The predicted molar refractivity (Wildman–Crippen MR) is 56.5 cm³/mol. The lowest BCUT2D eigenvalue weighted by atomic mass is 9.93. The Balaban J connectivity index is 2.37. The molecule has 14 heavy (non-hydrogen) atoms. The van der Waals surface area contributed by atoms with Crippen molar-refractivity contribution in [2.24, 2.45) is 11.8 Å². The molecule has 0 amide bonds. The van der Waals surface area contributed by atoms with Crippen molar-refractivity contribution in [1.29, 1.82) is 5.26 Å². The van der Waals surface area contributed by atoms with E-state index >= 15 is 0 Å². The van der Waals surface area contributed by atoms with E-state index in [1.165, 1.54) is 5.57 Å². The van der Waals surface area contributed by atoms with Gasteiger partial charge in [0.1, 0.15) is 0 Å². The minimum atomic E-state index is -0.646. The van der Waals surface area contributed by atoms with Gasteiger partial charge in [0.2, 0.25) is 0 Å². The van der Waals surface area contributed by atoms with Crippen molar-refractivity contribution in [3.63, 3.8) is 0 Å². The number of aliphatic hydroxyl groups is 1. The maximum absolute atomic E-state index is 10.1. The largest absolute Gasteiger partial charge is 0.390 e. The summed E-state index contributed by atoms with van der Waals surface area (Å²) in [6.45, 7) is 5.97. The first-order valence-corrected chi connectivity index (χ1v) is 5.22. The third kappa shape index (κ3) is 2.85. The summed E-state index contributed by atoms with van der Waals surface area (Å²) in [4.78, 5) is 0. The zero-order valence-corrected chi connectivity index (χ0v) is 9.25. The first kappa shape index (κ1) is 11.3. The van der Waals surface area contributed by atoms with E-state index in [2.05, 4.69) is 26.0 Å². The average molecular weight is 193 g/mol. The van der Waals surface area contributed by atoms with Crippen molar-refractivity contribution in [1.82, 2.24) is 0 Å². The highest BCUT2D eigenvalue weighted by Gasteiger charge is 2.49. The van der Waals surface area contributed by atoms with Crippen molar-refractivity contribution in [3.8, 4) is 6.07 Å². The molecule has 0 bridgehead atoms. The van der Waals surface area contributed by atoms with Crippen LogP contribution >= 0.6 is 0 Å². The highest BCUT2D eigenvalue weighted by atomic mass is 16.3. The fraction of sp³-hybridized carbons (Fsp3) is 0.750. The van der Waals surface area contributed by atoms with Gasteiger partial charge in [-0.1, -0.05) is 11.6 Å². The number of hydrogen-bond acceptors (Lipinski definition) is 2. The Morgan fingerprint density at radius 3 is 2.71 bits per heavy atom. The van der Waals surface area contributed by atoms with Crippen molar-refractivity contribution >= 4 is 0 Å². The third-order valence-corrected chi connectivity index (χ3v) is 2.96. The van der Waals surface area contributed by atoms with Gasteiger partial charge in [-0.05, 0) is 40.0 Å². The lowest BCUT2D eigenvalue weighted by Gasteiger charge is -2.22. The molecule has 1 unspecified atom stereocenters. The molecule has 0 aromatic rings. The number of nitriles is 1. The van der Waals surface area contributed by atoms with Gasteiger partial charge in [-0.15, -0.1) is 0 Å². The first-order chi connectivity index (χ1) is 6.47. The van der Waals surface area contributed by atoms with Gasteiger partial charge in [-0.2, -0.15) is 5.26 Å². The van der Waals surface area contributed by atoms with Crippen LogP contribution in [0.25, 0.3) is 0 Å². The molecule has 2 heteroatoms. The zero-order valence-electron chi connectivity index (χ0n) is 9.25. The second-order valence-corrected chi connectivity index (χ2v) is 4.76. The van der Waals surface area contributed by atoms with Gasteiger partial charge in [0, 0.05) is 5.92 Å². The lowest BCUT2D eigenvalue weighted by molar-refractivity contribution is 0.0260. The third-order valence-electron chi connectivity index (χ3n) is 2.96. The van der Waals surface area contributed by atoms with Crippen LogP contribution in [0, 0.1) is 23.2 Å². The molecule has 0 aliphatic heterocycles. The van der Waals surface area contributed by atoms with E-state index in [0.717, 1.165) is 19.3 Å². The summed E-state index contributed by atoms with van der Waals surface area (Å²) in [5.41, 5.74) is 0.639. The topological polar surface area (TPSA) is 44.0 Å². The first-order valence-electron chi connectivity index (χ1n) is 5.22. The van der Waals surface area contributed by atoms with E-state index in [9.17, 15) is 5.11 Å². The Morgan fingerprint density at radius 2 is 2.29 bits per heavy atom. The van der Waals surface area contributed by atoms with Gasteiger partial charge in [-0.25, -0.2) is 0 Å². The van der Waals surface area contributed by atoms with Crippen molar-refractivity contribution in [2.45, 2.75) is 45.6 Å². The monoisotopic (exact) mass is 193 g/mol. The summed E-state index contributed by atoms with van der Waals surface area (Å²) in [7, 11) is 0. The number of hydrogen-bond donors (Lipinski definition) is 1. The minimum Gasteiger partial charge on any atom is -0.390 e. The van der Waals surface area contributed by atoms with E-state index < -0.39 is 5.60 Å². The van der Waals surface area contributed by atoms with E-state index in [0.29, 0.717) is 0 Å². The maximum atomic E-state index is 10.1. The van der Waals surface area contributed by atoms with E-state index in [1.54, 1.807) is 0 Å². The predicted octanol–water partition coefficient (Wildman–Crippen LogP) is 2.64. The minimum absolute atomic E-state index is 0.0942. The average Bonchev–Trinajstić information content (AvgIpc) is 2.81. The second-order valence-electron chi connectivity index (χ2n) is 4.76. The van der Waals surface area contributed by atoms with E-state index in [1.807, 2.05) is 6.92 Å². The van der Waals surface area contributed by atoms with Crippen LogP contribution in [-0.2, 0) is 0 Å². The Morgan fingerprint density at radius 1 is 1.64 bits per heavy atom. The van der Waals surface area contributed by atoms with Gasteiger partial charge in [0.05, 0.1) is 17.6 Å². The van der Waals surface area contributed by atoms with E-state index in [4.69, 9.17) is 5.26 Å². The van der Waals surface area contributed by atoms with Crippen molar-refractivity contribution in [2.75, 3.05) is 0 Å². The molecule has 1 aliphatic carbocycles. The molecule has 2 nitrogen and oxygen atoms in total. The Bertz CT molecular complexity index is 269. The van der Waals surface area contributed by atoms with Crippen LogP contribution in [-0.4, -0.2) is 10.7 Å². The smallest absolute Gasteiger partial charge is 0.0663 e. The molecule has 0 radical (unpaired) electrons. The lowest BCUT2D eigenvalue weighted by Crippen LogP contribution is -2.27. The molecule has 1 fully saturated rings. The van der Waals surface area contributed by atoms with Crippen LogP contribution < -0.4 is 0 Å². The standard InChI is InChI=1S/C12H19NO/c1-9(2)5-4-6-12(3,14)11-7-10(11)8-13/h5,10-11,14H,4,6-7H2,1-3H3/t10?,11-,12-/m0/s1. The summed E-state index contributed by atoms with van der Waals surface area (Å²) in [5, 5.41) is 18.8. The van der Waals surface area contributed by atoms with Gasteiger partial charge < -0.3 is 5.11 Å². The van der Waals surface area contributed by atoms with Crippen LogP contribution in [0.4, 0.5) is 0 Å². The molecule has 0 aromatic heterocycles. The molecule has 0 spiro atoms. The molecule has 3 atom stereocenters. The fourth-order valence-corrected chi connectivity index (χ4v) is 1.86. The molecule has 0 heterocycles. The molecular weight excluding hydrogens is 174 g/mol. The van der Waals surface area contributed by atoms with Gasteiger partial charge in [-0.3, -0.25) is 0 Å². The van der Waals surface area contributed by atoms with Crippen molar-refractivity contribution < 1.29 is 5.11 Å². The number of allylic oxidation sites excluding steroid dienone is 2. The van der Waals surface area contributed by atoms with Crippen LogP contribution in [0.5, 0.6) is 0 Å². The molecule has 0 aromatic carbocycles. The van der Waals surface area contributed by atoms with Crippen LogP contribution in [0.3, 0.4) is 0 Å². The molecule has 1 rings (SSSR count). The summed E-state index contributed by atoms with van der Waals surface area (Å²) in [6, 6.07) is 2.22. The number of nitrogens with zero attached hydrogens (tertiary/aromatic N) is 1. The van der Waals surface area contributed by atoms with Crippen LogP contribution in [0.2, 0.25) is 0 Å². The van der Waals surface area contributed by atoms with Gasteiger partial charge in [0.15, 0.2) is 0 Å².